The number of carbonyl (C=O) groups is 2. The molecular formula is C23H25NO4. The van der Waals surface area contributed by atoms with Crippen molar-refractivity contribution in [2.75, 3.05) is 0 Å². The Morgan fingerprint density at radius 1 is 0.929 bits per heavy atom. The molecule has 1 aromatic heterocycles. The number of pyridine rings is 1. The summed E-state index contributed by atoms with van der Waals surface area (Å²) < 4.78 is 10.6. The Labute approximate surface area is 166 Å². The van der Waals surface area contributed by atoms with Crippen LogP contribution in [0.25, 0.3) is 0 Å². The lowest BCUT2D eigenvalue weighted by molar-refractivity contribution is -0.149. The maximum atomic E-state index is 11.8. The van der Waals surface area contributed by atoms with Gasteiger partial charge in [-0.25, -0.2) is 4.98 Å². The van der Waals surface area contributed by atoms with E-state index in [1.165, 1.54) is 0 Å². The first kappa shape index (κ1) is 20.0. The van der Waals surface area contributed by atoms with Gasteiger partial charge in [-0.1, -0.05) is 17.8 Å². The molecule has 2 fully saturated rings. The van der Waals surface area contributed by atoms with Gasteiger partial charge in [0.1, 0.15) is 16.9 Å². The van der Waals surface area contributed by atoms with E-state index in [9.17, 15) is 9.59 Å². The SMILES string of the molecule is CC1(C)CC(CC#Cc2ccc(C#CCC3CC(C)(C)OC3=O)nc2)C(=O)O1. The molecule has 2 atom stereocenters. The van der Waals surface area contributed by atoms with Crippen LogP contribution in [-0.4, -0.2) is 28.1 Å². The second kappa shape index (κ2) is 7.68. The van der Waals surface area contributed by atoms with E-state index in [1.807, 2.05) is 33.8 Å². The number of nitrogens with zero attached hydrogens (tertiary/aromatic N) is 1. The summed E-state index contributed by atoms with van der Waals surface area (Å²) in [4.78, 5) is 27.9. The predicted molar refractivity (Wildman–Crippen MR) is 104 cm³/mol. The Morgan fingerprint density at radius 3 is 1.89 bits per heavy atom. The molecule has 0 spiro atoms. The molecule has 0 N–H and O–H groups in total. The fraction of sp³-hybridized carbons (Fsp3) is 0.522. The topological polar surface area (TPSA) is 65.5 Å². The van der Waals surface area contributed by atoms with Crippen molar-refractivity contribution in [2.24, 2.45) is 11.8 Å². The van der Waals surface area contributed by atoms with Gasteiger partial charge in [-0.05, 0) is 45.7 Å². The minimum absolute atomic E-state index is 0.159. The summed E-state index contributed by atoms with van der Waals surface area (Å²) in [6.45, 7) is 7.66. The van der Waals surface area contributed by atoms with Crippen molar-refractivity contribution >= 4 is 11.9 Å². The highest BCUT2D eigenvalue weighted by Crippen LogP contribution is 2.32. The summed E-state index contributed by atoms with van der Waals surface area (Å²) >= 11 is 0. The Kier molecular flexibility index (Phi) is 5.47. The van der Waals surface area contributed by atoms with Gasteiger partial charge in [-0.2, -0.15) is 0 Å². The first-order valence-corrected chi connectivity index (χ1v) is 9.53. The van der Waals surface area contributed by atoms with Crippen LogP contribution in [-0.2, 0) is 19.1 Å². The highest BCUT2D eigenvalue weighted by molar-refractivity contribution is 5.76. The molecule has 0 saturated carbocycles. The van der Waals surface area contributed by atoms with Crippen LogP contribution in [0.4, 0.5) is 0 Å². The third-order valence-corrected chi connectivity index (χ3v) is 4.81. The molecular weight excluding hydrogens is 354 g/mol. The molecule has 2 aliphatic heterocycles. The zero-order chi connectivity index (χ0) is 20.4. The van der Waals surface area contributed by atoms with E-state index in [-0.39, 0.29) is 23.8 Å². The molecule has 2 aliphatic rings. The molecule has 0 bridgehead atoms. The van der Waals surface area contributed by atoms with Crippen LogP contribution in [0.1, 0.15) is 64.6 Å². The van der Waals surface area contributed by atoms with E-state index in [2.05, 4.69) is 28.7 Å². The monoisotopic (exact) mass is 379 g/mol. The molecule has 0 amide bonds. The highest BCUT2D eigenvalue weighted by Gasteiger charge is 2.40. The van der Waals surface area contributed by atoms with Crippen molar-refractivity contribution in [1.29, 1.82) is 0 Å². The second-order valence-electron chi connectivity index (χ2n) is 8.61. The number of esters is 2. The maximum Gasteiger partial charge on any atom is 0.310 e. The number of hydrogen-bond donors (Lipinski definition) is 0. The molecule has 5 nitrogen and oxygen atoms in total. The van der Waals surface area contributed by atoms with Crippen molar-refractivity contribution in [3.05, 3.63) is 29.6 Å². The van der Waals surface area contributed by atoms with Crippen LogP contribution in [0.2, 0.25) is 0 Å². The van der Waals surface area contributed by atoms with E-state index in [4.69, 9.17) is 9.47 Å². The van der Waals surface area contributed by atoms with E-state index in [0.717, 1.165) is 5.56 Å². The summed E-state index contributed by atoms with van der Waals surface area (Å²) in [5, 5.41) is 0. The highest BCUT2D eigenvalue weighted by atomic mass is 16.6. The van der Waals surface area contributed by atoms with E-state index in [1.54, 1.807) is 12.3 Å². The number of aromatic nitrogens is 1. The van der Waals surface area contributed by atoms with Gasteiger partial charge in [0, 0.05) is 37.4 Å². The van der Waals surface area contributed by atoms with E-state index >= 15 is 0 Å². The fourth-order valence-electron chi connectivity index (χ4n) is 3.54. The van der Waals surface area contributed by atoms with Gasteiger partial charge >= 0.3 is 11.9 Å². The first-order chi connectivity index (χ1) is 13.1. The molecule has 0 aliphatic carbocycles. The van der Waals surface area contributed by atoms with Gasteiger partial charge in [0.15, 0.2) is 0 Å². The normalized spacial score (nSPS) is 24.4. The van der Waals surface area contributed by atoms with Gasteiger partial charge in [0.05, 0.1) is 11.8 Å². The molecule has 3 heterocycles. The lowest BCUT2D eigenvalue weighted by Gasteiger charge is -2.14. The summed E-state index contributed by atoms with van der Waals surface area (Å²) in [6, 6.07) is 3.66. The smallest absolute Gasteiger partial charge is 0.310 e. The molecule has 2 unspecified atom stereocenters. The number of cyclic esters (lactones) is 2. The summed E-state index contributed by atoms with van der Waals surface area (Å²) in [5.74, 6) is 11.4. The van der Waals surface area contributed by atoms with Crippen LogP contribution in [0.3, 0.4) is 0 Å². The van der Waals surface area contributed by atoms with Gasteiger partial charge in [-0.15, -0.1) is 0 Å². The maximum absolute atomic E-state index is 11.8. The van der Waals surface area contributed by atoms with E-state index < -0.39 is 11.2 Å². The number of hydrogen-bond acceptors (Lipinski definition) is 5. The molecule has 28 heavy (non-hydrogen) atoms. The quantitative estimate of drug-likeness (QED) is 0.583. The third kappa shape index (κ3) is 5.14. The standard InChI is InChI=1S/C23H25NO4/c1-22(2)13-17(20(25)27-22)8-5-7-16-11-12-19(24-15-16)10-6-9-18-14-23(3,4)28-21(18)26/h11-12,15,17-18H,8-9,13-14H2,1-4H3. The molecule has 146 valence electrons. The fourth-order valence-corrected chi connectivity index (χ4v) is 3.54. The Bertz CT molecular complexity index is 816. The number of rotatable bonds is 2. The zero-order valence-corrected chi connectivity index (χ0v) is 16.8. The van der Waals surface area contributed by atoms with Crippen LogP contribution in [0.15, 0.2) is 18.3 Å². The Balaban J connectivity index is 1.53. The third-order valence-electron chi connectivity index (χ3n) is 4.81. The van der Waals surface area contributed by atoms with E-state index in [0.29, 0.717) is 31.4 Å². The Hall–Kier alpha value is -2.79. The number of carbonyl (C=O) groups excluding carboxylic acids is 2. The zero-order valence-electron chi connectivity index (χ0n) is 16.8. The van der Waals surface area contributed by atoms with Gasteiger partial charge in [-0.3, -0.25) is 9.59 Å². The lowest BCUT2D eigenvalue weighted by atomic mass is 9.95. The summed E-state index contributed by atoms with van der Waals surface area (Å²) in [7, 11) is 0. The van der Waals surface area contributed by atoms with Crippen LogP contribution >= 0.6 is 0 Å². The molecule has 0 radical (unpaired) electrons. The van der Waals surface area contributed by atoms with Crippen LogP contribution in [0, 0.1) is 35.5 Å². The van der Waals surface area contributed by atoms with Crippen molar-refractivity contribution < 1.29 is 19.1 Å². The average molecular weight is 379 g/mol. The predicted octanol–water partition coefficient (Wildman–Crippen LogP) is 3.25. The van der Waals surface area contributed by atoms with Crippen molar-refractivity contribution in [3.63, 3.8) is 0 Å². The largest absolute Gasteiger partial charge is 0.459 e. The lowest BCUT2D eigenvalue weighted by Crippen LogP contribution is -2.17. The summed E-state index contributed by atoms with van der Waals surface area (Å²) in [6.07, 6.45) is 4.01. The van der Waals surface area contributed by atoms with Crippen molar-refractivity contribution in [1.82, 2.24) is 4.98 Å². The molecule has 1 aromatic rings. The molecule has 0 aromatic carbocycles. The summed E-state index contributed by atoms with van der Waals surface area (Å²) in [5.41, 5.74) is 0.623. The molecule has 2 saturated heterocycles. The first-order valence-electron chi connectivity index (χ1n) is 9.53. The number of ether oxygens (including phenoxy) is 2. The van der Waals surface area contributed by atoms with Crippen molar-refractivity contribution in [3.8, 4) is 23.7 Å². The second-order valence-corrected chi connectivity index (χ2v) is 8.61. The van der Waals surface area contributed by atoms with Crippen LogP contribution in [0.5, 0.6) is 0 Å². The average Bonchev–Trinajstić information content (AvgIpc) is 3.01. The van der Waals surface area contributed by atoms with Gasteiger partial charge in [0.2, 0.25) is 0 Å². The molecule has 5 heteroatoms. The van der Waals surface area contributed by atoms with Crippen LogP contribution < -0.4 is 0 Å². The molecule has 3 rings (SSSR count). The van der Waals surface area contributed by atoms with Gasteiger partial charge in [0.25, 0.3) is 0 Å². The minimum atomic E-state index is -0.396. The Morgan fingerprint density at radius 2 is 1.46 bits per heavy atom. The van der Waals surface area contributed by atoms with Crippen molar-refractivity contribution in [2.45, 2.75) is 64.6 Å². The minimum Gasteiger partial charge on any atom is -0.459 e. The van der Waals surface area contributed by atoms with Gasteiger partial charge < -0.3 is 9.47 Å².